The van der Waals surface area contributed by atoms with Crippen LogP contribution >= 0.6 is 0 Å². The van der Waals surface area contributed by atoms with E-state index in [4.69, 9.17) is 0 Å². The molecule has 23 heavy (non-hydrogen) atoms. The van der Waals surface area contributed by atoms with Crippen molar-refractivity contribution < 1.29 is 4.79 Å². The molecule has 2 aromatic rings. The van der Waals surface area contributed by atoms with E-state index in [1.165, 1.54) is 11.1 Å². The van der Waals surface area contributed by atoms with E-state index in [0.29, 0.717) is 12.0 Å². The molecule has 0 unspecified atom stereocenters. The zero-order valence-electron chi connectivity index (χ0n) is 13.6. The normalized spacial score (nSPS) is 29.9. The molecular weight excluding hydrogens is 284 g/mol. The first-order valence-electron chi connectivity index (χ1n) is 8.33. The number of nitrogens with zero attached hydrogens (tertiary/aromatic N) is 2. The highest BCUT2D eigenvalue weighted by Gasteiger charge is 2.53. The van der Waals surface area contributed by atoms with Gasteiger partial charge in [-0.05, 0) is 24.5 Å². The van der Waals surface area contributed by atoms with Gasteiger partial charge in [-0.1, -0.05) is 60.7 Å². The molecule has 1 saturated heterocycles. The van der Waals surface area contributed by atoms with Gasteiger partial charge in [0.1, 0.15) is 0 Å². The van der Waals surface area contributed by atoms with Crippen molar-refractivity contribution >= 4 is 6.03 Å². The fourth-order valence-electron chi connectivity index (χ4n) is 3.90. The van der Waals surface area contributed by atoms with Gasteiger partial charge in [0.2, 0.25) is 0 Å². The summed E-state index contributed by atoms with van der Waals surface area (Å²) in [4.78, 5) is 16.8. The third-order valence-corrected chi connectivity index (χ3v) is 5.37. The Morgan fingerprint density at radius 1 is 0.913 bits per heavy atom. The summed E-state index contributed by atoms with van der Waals surface area (Å²) in [5, 5.41) is 0. The Morgan fingerprint density at radius 2 is 1.48 bits per heavy atom. The van der Waals surface area contributed by atoms with Gasteiger partial charge in [0.25, 0.3) is 0 Å². The lowest BCUT2D eigenvalue weighted by Gasteiger charge is -2.26. The number of carbonyl (C=O) groups excluding carboxylic acids is 1. The Kier molecular flexibility index (Phi) is 3.37. The van der Waals surface area contributed by atoms with Crippen LogP contribution in [0.5, 0.6) is 0 Å². The maximum absolute atomic E-state index is 12.8. The first kappa shape index (κ1) is 14.3. The Labute approximate surface area is 137 Å². The summed E-state index contributed by atoms with van der Waals surface area (Å²) < 4.78 is 0. The summed E-state index contributed by atoms with van der Waals surface area (Å²) >= 11 is 0. The van der Waals surface area contributed by atoms with E-state index in [1.807, 2.05) is 24.1 Å². The van der Waals surface area contributed by atoms with Crippen LogP contribution in [0.1, 0.15) is 36.4 Å². The van der Waals surface area contributed by atoms with Gasteiger partial charge in [-0.15, -0.1) is 0 Å². The molecule has 1 heterocycles. The van der Waals surface area contributed by atoms with Crippen molar-refractivity contribution in [3.05, 3.63) is 71.8 Å². The minimum Gasteiger partial charge on any atom is -0.323 e. The van der Waals surface area contributed by atoms with Crippen LogP contribution in [0.15, 0.2) is 60.7 Å². The minimum atomic E-state index is 0.146. The van der Waals surface area contributed by atoms with Crippen molar-refractivity contribution in [3.63, 3.8) is 0 Å². The lowest BCUT2D eigenvalue weighted by atomic mass is 10.00. The highest BCUT2D eigenvalue weighted by Crippen LogP contribution is 2.50. The van der Waals surface area contributed by atoms with Crippen LogP contribution in [0.3, 0.4) is 0 Å². The van der Waals surface area contributed by atoms with E-state index < -0.39 is 0 Å². The second kappa shape index (κ2) is 5.41. The van der Waals surface area contributed by atoms with E-state index in [0.717, 1.165) is 6.42 Å². The molecule has 3 nitrogen and oxygen atoms in total. The summed E-state index contributed by atoms with van der Waals surface area (Å²) in [6.45, 7) is 2.15. The first-order valence-corrected chi connectivity index (χ1v) is 8.33. The van der Waals surface area contributed by atoms with Crippen LogP contribution in [0.25, 0.3) is 0 Å². The zero-order valence-corrected chi connectivity index (χ0v) is 13.6. The molecule has 0 spiro atoms. The molecule has 4 rings (SSSR count). The molecule has 0 bridgehead atoms. The predicted octanol–water partition coefficient (Wildman–Crippen LogP) is 4.04. The van der Waals surface area contributed by atoms with Crippen molar-refractivity contribution in [1.29, 1.82) is 0 Å². The van der Waals surface area contributed by atoms with Gasteiger partial charge in [0.05, 0.1) is 12.1 Å². The summed E-state index contributed by atoms with van der Waals surface area (Å²) in [5.74, 6) is 0.477. The largest absolute Gasteiger partial charge is 0.323 e. The van der Waals surface area contributed by atoms with Gasteiger partial charge in [0, 0.05) is 19.0 Å². The fourth-order valence-corrected chi connectivity index (χ4v) is 3.90. The molecule has 4 atom stereocenters. The van der Waals surface area contributed by atoms with Gasteiger partial charge in [-0.2, -0.15) is 0 Å². The molecule has 1 aliphatic heterocycles. The fraction of sp³-hybridized carbons (Fsp3) is 0.350. The topological polar surface area (TPSA) is 23.6 Å². The monoisotopic (exact) mass is 306 g/mol. The van der Waals surface area contributed by atoms with Crippen LogP contribution in [0.4, 0.5) is 4.79 Å². The lowest BCUT2D eigenvalue weighted by molar-refractivity contribution is 0.187. The Bertz CT molecular complexity index is 700. The number of hydrogen-bond acceptors (Lipinski definition) is 1. The van der Waals surface area contributed by atoms with E-state index in [-0.39, 0.29) is 18.1 Å². The van der Waals surface area contributed by atoms with Gasteiger partial charge in [-0.25, -0.2) is 4.79 Å². The Morgan fingerprint density at radius 3 is 2.09 bits per heavy atom. The van der Waals surface area contributed by atoms with Gasteiger partial charge >= 0.3 is 6.03 Å². The second-order valence-electron chi connectivity index (χ2n) is 6.72. The van der Waals surface area contributed by atoms with Crippen molar-refractivity contribution in [2.24, 2.45) is 0 Å². The summed E-state index contributed by atoms with van der Waals surface area (Å²) in [6, 6.07) is 21.8. The molecule has 2 fully saturated rings. The number of hydrogen-bond donors (Lipinski definition) is 0. The number of amides is 2. The van der Waals surface area contributed by atoms with Gasteiger partial charge in [-0.3, -0.25) is 0 Å². The SMILES string of the molecule is C[C@H]1[C@@H](c2ccccc2)N([C@H]2C[C@@H]2c2ccccc2)C(=O)N1C. The number of rotatable bonds is 3. The molecule has 2 aromatic carbocycles. The highest BCUT2D eigenvalue weighted by molar-refractivity contribution is 5.79. The summed E-state index contributed by atoms with van der Waals surface area (Å²) in [5.41, 5.74) is 2.58. The van der Waals surface area contributed by atoms with E-state index in [1.54, 1.807) is 0 Å². The maximum Gasteiger partial charge on any atom is 0.320 e. The minimum absolute atomic E-state index is 0.146. The molecule has 0 radical (unpaired) electrons. The zero-order chi connectivity index (χ0) is 16.0. The Balaban J connectivity index is 1.65. The van der Waals surface area contributed by atoms with Crippen LogP contribution < -0.4 is 0 Å². The molecule has 0 N–H and O–H groups in total. The number of benzene rings is 2. The van der Waals surface area contributed by atoms with Crippen molar-refractivity contribution in [3.8, 4) is 0 Å². The molecule has 2 aliphatic rings. The molecule has 2 amide bonds. The molecule has 1 saturated carbocycles. The molecule has 1 aliphatic carbocycles. The average Bonchev–Trinajstić information content (AvgIpc) is 3.35. The average molecular weight is 306 g/mol. The molecule has 3 heteroatoms. The first-order chi connectivity index (χ1) is 11.2. The number of likely N-dealkylation sites (N-methyl/N-ethyl adjacent to an activating group) is 1. The highest BCUT2D eigenvalue weighted by atomic mass is 16.2. The summed E-state index contributed by atoms with van der Waals surface area (Å²) in [7, 11) is 1.92. The van der Waals surface area contributed by atoms with E-state index in [9.17, 15) is 4.79 Å². The van der Waals surface area contributed by atoms with Gasteiger partial charge < -0.3 is 9.80 Å². The smallest absolute Gasteiger partial charge is 0.320 e. The maximum atomic E-state index is 12.8. The van der Waals surface area contributed by atoms with Gasteiger partial charge in [0.15, 0.2) is 0 Å². The summed E-state index contributed by atoms with van der Waals surface area (Å²) in [6.07, 6.45) is 1.07. The number of urea groups is 1. The molecule has 118 valence electrons. The second-order valence-corrected chi connectivity index (χ2v) is 6.72. The third kappa shape index (κ3) is 2.31. The van der Waals surface area contributed by atoms with Crippen LogP contribution in [0, 0.1) is 0 Å². The van der Waals surface area contributed by atoms with Crippen LogP contribution in [-0.2, 0) is 0 Å². The van der Waals surface area contributed by atoms with Crippen molar-refractivity contribution in [2.75, 3.05) is 7.05 Å². The number of carbonyl (C=O) groups is 1. The van der Waals surface area contributed by atoms with Crippen LogP contribution in [0.2, 0.25) is 0 Å². The van der Waals surface area contributed by atoms with Crippen molar-refractivity contribution in [2.45, 2.75) is 37.4 Å². The van der Waals surface area contributed by atoms with Crippen LogP contribution in [-0.4, -0.2) is 35.0 Å². The van der Waals surface area contributed by atoms with Crippen molar-refractivity contribution in [1.82, 2.24) is 9.80 Å². The predicted molar refractivity (Wildman–Crippen MR) is 91.2 cm³/mol. The van der Waals surface area contributed by atoms with E-state index >= 15 is 0 Å². The quantitative estimate of drug-likeness (QED) is 0.839. The molecule has 0 aromatic heterocycles. The third-order valence-electron chi connectivity index (χ3n) is 5.37. The lowest BCUT2D eigenvalue weighted by Crippen LogP contribution is -2.33. The standard InChI is InChI=1S/C20H22N2O/c1-14-19(16-11-7-4-8-12-16)22(20(23)21(14)2)18-13-17(18)15-9-5-3-6-10-15/h3-12,14,17-19H,13H2,1-2H3/t14-,17+,18-,19-/m0/s1. The van der Waals surface area contributed by atoms with E-state index in [2.05, 4.69) is 60.4 Å². The Hall–Kier alpha value is -2.29. The molecular formula is C20H22N2O.